The molecule has 0 bridgehead atoms. The van der Waals surface area contributed by atoms with Crippen LogP contribution in [0.25, 0.3) is 0 Å². The molecule has 0 saturated carbocycles. The standard InChI is InChI=1S/C16H26ClNO/c1-12(2)9-10-19-15-13(7-6-8-14(15)17)11-18-16(3,4)5/h6-8,12,18H,9-11H2,1-5H3. The first-order valence-corrected chi connectivity index (χ1v) is 7.32. The van der Waals surface area contributed by atoms with E-state index in [1.54, 1.807) is 0 Å². The number of ether oxygens (including phenoxy) is 1. The van der Waals surface area contributed by atoms with E-state index in [2.05, 4.69) is 46.0 Å². The minimum atomic E-state index is 0.0809. The van der Waals surface area contributed by atoms with Crippen molar-refractivity contribution in [1.82, 2.24) is 5.32 Å². The first-order chi connectivity index (χ1) is 8.79. The maximum absolute atomic E-state index is 6.24. The van der Waals surface area contributed by atoms with E-state index in [9.17, 15) is 0 Å². The molecule has 3 heteroatoms. The molecule has 0 spiro atoms. The third-order valence-electron chi connectivity index (χ3n) is 2.80. The Morgan fingerprint density at radius 1 is 1.26 bits per heavy atom. The summed E-state index contributed by atoms with van der Waals surface area (Å²) in [6, 6.07) is 5.92. The van der Waals surface area contributed by atoms with Crippen LogP contribution in [-0.2, 0) is 6.54 Å². The van der Waals surface area contributed by atoms with Crippen LogP contribution in [0, 0.1) is 5.92 Å². The van der Waals surface area contributed by atoms with E-state index in [-0.39, 0.29) is 5.54 Å². The molecule has 1 N–H and O–H groups in total. The summed E-state index contributed by atoms with van der Waals surface area (Å²) in [7, 11) is 0. The average Bonchev–Trinajstić information content (AvgIpc) is 2.27. The van der Waals surface area contributed by atoms with Gasteiger partial charge in [0.15, 0.2) is 0 Å². The molecule has 0 heterocycles. The molecule has 0 unspecified atom stereocenters. The number of halogens is 1. The third kappa shape index (κ3) is 6.31. The van der Waals surface area contributed by atoms with Crippen LogP contribution in [-0.4, -0.2) is 12.1 Å². The highest BCUT2D eigenvalue weighted by atomic mass is 35.5. The molecule has 19 heavy (non-hydrogen) atoms. The van der Waals surface area contributed by atoms with Crippen molar-refractivity contribution in [2.45, 2.75) is 53.1 Å². The van der Waals surface area contributed by atoms with Gasteiger partial charge in [-0.05, 0) is 39.2 Å². The Morgan fingerprint density at radius 2 is 1.95 bits per heavy atom. The van der Waals surface area contributed by atoms with Crippen LogP contribution in [0.15, 0.2) is 18.2 Å². The molecule has 108 valence electrons. The van der Waals surface area contributed by atoms with Crippen molar-refractivity contribution in [2.24, 2.45) is 5.92 Å². The lowest BCUT2D eigenvalue weighted by Crippen LogP contribution is -2.35. The van der Waals surface area contributed by atoms with Crippen molar-refractivity contribution in [2.75, 3.05) is 6.61 Å². The predicted octanol–water partition coefficient (Wildman–Crippen LogP) is 4.65. The van der Waals surface area contributed by atoms with Gasteiger partial charge in [0.25, 0.3) is 0 Å². The Hall–Kier alpha value is -0.730. The smallest absolute Gasteiger partial charge is 0.142 e. The Bertz CT molecular complexity index is 396. The summed E-state index contributed by atoms with van der Waals surface area (Å²) in [5.41, 5.74) is 1.20. The van der Waals surface area contributed by atoms with Crippen molar-refractivity contribution in [3.63, 3.8) is 0 Å². The van der Waals surface area contributed by atoms with Crippen molar-refractivity contribution in [1.29, 1.82) is 0 Å². The summed E-state index contributed by atoms with van der Waals surface area (Å²) in [6.07, 6.45) is 1.04. The van der Waals surface area contributed by atoms with Gasteiger partial charge in [-0.3, -0.25) is 0 Å². The first-order valence-electron chi connectivity index (χ1n) is 6.95. The fraction of sp³-hybridized carbons (Fsp3) is 0.625. The largest absolute Gasteiger partial charge is 0.492 e. The van der Waals surface area contributed by atoms with E-state index < -0.39 is 0 Å². The van der Waals surface area contributed by atoms with Gasteiger partial charge >= 0.3 is 0 Å². The molecule has 0 radical (unpaired) electrons. The van der Waals surface area contributed by atoms with Crippen LogP contribution in [0.2, 0.25) is 5.02 Å². The SMILES string of the molecule is CC(C)CCOc1c(Cl)cccc1CNC(C)(C)C. The molecule has 0 aliphatic heterocycles. The molecule has 2 nitrogen and oxygen atoms in total. The Morgan fingerprint density at radius 3 is 2.53 bits per heavy atom. The zero-order chi connectivity index (χ0) is 14.5. The lowest BCUT2D eigenvalue weighted by molar-refractivity contribution is 0.285. The predicted molar refractivity (Wildman–Crippen MR) is 83.0 cm³/mol. The van der Waals surface area contributed by atoms with E-state index in [0.717, 1.165) is 24.3 Å². The van der Waals surface area contributed by atoms with E-state index in [1.165, 1.54) is 0 Å². The number of rotatable bonds is 6. The fourth-order valence-electron chi connectivity index (χ4n) is 1.61. The van der Waals surface area contributed by atoms with Crippen molar-refractivity contribution < 1.29 is 4.74 Å². The molecular weight excluding hydrogens is 258 g/mol. The Balaban J connectivity index is 2.71. The van der Waals surface area contributed by atoms with Gasteiger partial charge in [-0.1, -0.05) is 37.6 Å². The normalized spacial score (nSPS) is 11.9. The highest BCUT2D eigenvalue weighted by Gasteiger charge is 2.13. The van der Waals surface area contributed by atoms with Crippen molar-refractivity contribution in [3.05, 3.63) is 28.8 Å². The maximum atomic E-state index is 6.24. The molecule has 0 aromatic heterocycles. The number of nitrogens with one attached hydrogen (secondary N) is 1. The molecule has 0 aliphatic carbocycles. The summed E-state index contributed by atoms with van der Waals surface area (Å²) in [4.78, 5) is 0. The summed E-state index contributed by atoms with van der Waals surface area (Å²) in [5.74, 6) is 1.46. The number of hydrogen-bond acceptors (Lipinski definition) is 2. The molecule has 0 amide bonds. The topological polar surface area (TPSA) is 21.3 Å². The van der Waals surface area contributed by atoms with Gasteiger partial charge in [0.1, 0.15) is 5.75 Å². The third-order valence-corrected chi connectivity index (χ3v) is 3.10. The summed E-state index contributed by atoms with van der Waals surface area (Å²) < 4.78 is 5.87. The molecule has 0 aliphatic rings. The average molecular weight is 284 g/mol. The summed E-state index contributed by atoms with van der Waals surface area (Å²) in [5, 5.41) is 4.16. The molecule has 1 aromatic rings. The van der Waals surface area contributed by atoms with Gasteiger partial charge in [0.2, 0.25) is 0 Å². The monoisotopic (exact) mass is 283 g/mol. The minimum absolute atomic E-state index is 0.0809. The van der Waals surface area contributed by atoms with Gasteiger partial charge < -0.3 is 10.1 Å². The van der Waals surface area contributed by atoms with Gasteiger partial charge in [-0.15, -0.1) is 0 Å². The zero-order valence-corrected chi connectivity index (χ0v) is 13.5. The van der Waals surface area contributed by atoms with E-state index in [0.29, 0.717) is 17.5 Å². The lowest BCUT2D eigenvalue weighted by Gasteiger charge is -2.22. The zero-order valence-electron chi connectivity index (χ0n) is 12.7. The Kier molecular flexibility index (Phi) is 6.15. The van der Waals surface area contributed by atoms with E-state index in [1.807, 2.05) is 12.1 Å². The molecule has 0 atom stereocenters. The first kappa shape index (κ1) is 16.3. The van der Waals surface area contributed by atoms with Crippen LogP contribution in [0.3, 0.4) is 0 Å². The molecule has 0 saturated heterocycles. The van der Waals surface area contributed by atoms with E-state index in [4.69, 9.17) is 16.3 Å². The van der Waals surface area contributed by atoms with Gasteiger partial charge in [0.05, 0.1) is 11.6 Å². The van der Waals surface area contributed by atoms with Crippen molar-refractivity contribution in [3.8, 4) is 5.75 Å². The van der Waals surface area contributed by atoms with E-state index >= 15 is 0 Å². The number of benzene rings is 1. The van der Waals surface area contributed by atoms with Crippen LogP contribution in [0.4, 0.5) is 0 Å². The van der Waals surface area contributed by atoms with Gasteiger partial charge in [-0.25, -0.2) is 0 Å². The van der Waals surface area contributed by atoms with Crippen LogP contribution < -0.4 is 10.1 Å². The highest BCUT2D eigenvalue weighted by molar-refractivity contribution is 6.32. The van der Waals surface area contributed by atoms with Crippen molar-refractivity contribution >= 4 is 11.6 Å². The molecule has 1 rings (SSSR count). The lowest BCUT2D eigenvalue weighted by atomic mass is 10.1. The van der Waals surface area contributed by atoms with Crippen LogP contribution >= 0.6 is 11.6 Å². The second-order valence-corrected chi connectivity index (χ2v) is 6.77. The minimum Gasteiger partial charge on any atom is -0.492 e. The van der Waals surface area contributed by atoms with Crippen LogP contribution in [0.5, 0.6) is 5.75 Å². The second kappa shape index (κ2) is 7.16. The molecular formula is C16H26ClNO. The number of hydrogen-bond donors (Lipinski definition) is 1. The Labute approximate surface area is 122 Å². The number of para-hydroxylation sites is 1. The summed E-state index contributed by atoms with van der Waals surface area (Å²) >= 11 is 6.24. The maximum Gasteiger partial charge on any atom is 0.142 e. The quantitative estimate of drug-likeness (QED) is 0.820. The van der Waals surface area contributed by atoms with Gasteiger partial charge in [0, 0.05) is 17.6 Å². The summed E-state index contributed by atoms with van der Waals surface area (Å²) in [6.45, 7) is 12.3. The van der Waals surface area contributed by atoms with Crippen LogP contribution in [0.1, 0.15) is 46.6 Å². The molecule has 1 aromatic carbocycles. The second-order valence-electron chi connectivity index (χ2n) is 6.36. The highest BCUT2D eigenvalue weighted by Crippen LogP contribution is 2.29. The van der Waals surface area contributed by atoms with Gasteiger partial charge in [-0.2, -0.15) is 0 Å². The molecule has 0 fully saturated rings. The fourth-order valence-corrected chi connectivity index (χ4v) is 1.86.